The van der Waals surface area contributed by atoms with E-state index in [0.717, 1.165) is 31.5 Å². The van der Waals surface area contributed by atoms with Gasteiger partial charge in [-0.05, 0) is 44.4 Å². The second kappa shape index (κ2) is 6.79. The van der Waals surface area contributed by atoms with E-state index in [1.165, 1.54) is 0 Å². The number of hydrogen-bond donors (Lipinski definition) is 1. The van der Waals surface area contributed by atoms with E-state index in [0.29, 0.717) is 10.0 Å². The molecule has 20 heavy (non-hydrogen) atoms. The lowest BCUT2D eigenvalue weighted by Crippen LogP contribution is -2.44. The maximum Gasteiger partial charge on any atom is 0.239 e. The van der Waals surface area contributed by atoms with E-state index in [-0.39, 0.29) is 18.0 Å². The van der Waals surface area contributed by atoms with Gasteiger partial charge < -0.3 is 4.90 Å². The number of hydrogen-bond acceptors (Lipinski definition) is 2. The summed E-state index contributed by atoms with van der Waals surface area (Å²) in [6, 6.07) is 5.23. The SMILES string of the molecule is CC(NC(C)c1ccc(Cl)cc1Cl)C(=O)N1CCCC1. The predicted octanol–water partition coefficient (Wildman–Crippen LogP) is 3.65. The number of amides is 1. The van der Waals surface area contributed by atoms with Crippen LogP contribution in [0.2, 0.25) is 10.0 Å². The highest BCUT2D eigenvalue weighted by Gasteiger charge is 2.24. The van der Waals surface area contributed by atoms with Gasteiger partial charge in [0.15, 0.2) is 0 Å². The summed E-state index contributed by atoms with van der Waals surface area (Å²) in [5, 5.41) is 4.56. The molecule has 0 aromatic heterocycles. The van der Waals surface area contributed by atoms with E-state index in [9.17, 15) is 4.79 Å². The number of halogens is 2. The molecule has 0 saturated carbocycles. The van der Waals surface area contributed by atoms with Gasteiger partial charge in [-0.2, -0.15) is 0 Å². The van der Waals surface area contributed by atoms with Crippen LogP contribution in [0.5, 0.6) is 0 Å². The maximum atomic E-state index is 12.3. The summed E-state index contributed by atoms with van der Waals surface area (Å²) in [7, 11) is 0. The van der Waals surface area contributed by atoms with Crippen LogP contribution in [0.4, 0.5) is 0 Å². The molecule has 1 aromatic carbocycles. The van der Waals surface area contributed by atoms with E-state index in [1.807, 2.05) is 30.9 Å². The van der Waals surface area contributed by atoms with Gasteiger partial charge in [-0.3, -0.25) is 10.1 Å². The van der Waals surface area contributed by atoms with E-state index >= 15 is 0 Å². The van der Waals surface area contributed by atoms with Crippen LogP contribution in [0.3, 0.4) is 0 Å². The molecule has 110 valence electrons. The van der Waals surface area contributed by atoms with Gasteiger partial charge in [-0.1, -0.05) is 29.3 Å². The van der Waals surface area contributed by atoms with E-state index < -0.39 is 0 Å². The van der Waals surface area contributed by atoms with Crippen LogP contribution in [-0.4, -0.2) is 29.9 Å². The van der Waals surface area contributed by atoms with Crippen molar-refractivity contribution in [1.82, 2.24) is 10.2 Å². The molecule has 0 spiro atoms. The minimum Gasteiger partial charge on any atom is -0.341 e. The predicted molar refractivity (Wildman–Crippen MR) is 83.3 cm³/mol. The van der Waals surface area contributed by atoms with Gasteiger partial charge in [0.2, 0.25) is 5.91 Å². The van der Waals surface area contributed by atoms with Gasteiger partial charge in [0.25, 0.3) is 0 Å². The normalized spacial score (nSPS) is 18.1. The molecule has 1 aliphatic heterocycles. The molecule has 1 heterocycles. The van der Waals surface area contributed by atoms with Crippen molar-refractivity contribution < 1.29 is 4.79 Å². The fourth-order valence-corrected chi connectivity index (χ4v) is 3.17. The fraction of sp³-hybridized carbons (Fsp3) is 0.533. The third-order valence-electron chi connectivity index (χ3n) is 3.72. The molecule has 1 N–H and O–H groups in total. The number of nitrogens with one attached hydrogen (secondary N) is 1. The number of nitrogens with zero attached hydrogens (tertiary/aromatic N) is 1. The van der Waals surface area contributed by atoms with Crippen molar-refractivity contribution in [1.29, 1.82) is 0 Å². The summed E-state index contributed by atoms with van der Waals surface area (Å²) in [5.74, 6) is 0.166. The quantitative estimate of drug-likeness (QED) is 0.920. The third kappa shape index (κ3) is 3.66. The lowest BCUT2D eigenvalue weighted by atomic mass is 10.1. The van der Waals surface area contributed by atoms with Crippen molar-refractivity contribution in [2.75, 3.05) is 13.1 Å². The fourth-order valence-electron chi connectivity index (χ4n) is 2.60. The van der Waals surface area contributed by atoms with Gasteiger partial charge in [-0.15, -0.1) is 0 Å². The molecule has 1 fully saturated rings. The molecule has 0 aliphatic carbocycles. The number of likely N-dealkylation sites (tertiary alicyclic amines) is 1. The minimum atomic E-state index is -0.213. The topological polar surface area (TPSA) is 32.3 Å². The summed E-state index contributed by atoms with van der Waals surface area (Å²) in [6.07, 6.45) is 2.22. The Morgan fingerprint density at radius 1 is 1.25 bits per heavy atom. The molecular weight excluding hydrogens is 295 g/mol. The lowest BCUT2D eigenvalue weighted by molar-refractivity contribution is -0.132. The van der Waals surface area contributed by atoms with Crippen molar-refractivity contribution >= 4 is 29.1 Å². The highest BCUT2D eigenvalue weighted by atomic mass is 35.5. The Morgan fingerprint density at radius 3 is 2.50 bits per heavy atom. The number of benzene rings is 1. The van der Waals surface area contributed by atoms with Crippen LogP contribution in [0.15, 0.2) is 18.2 Å². The second-order valence-electron chi connectivity index (χ2n) is 5.31. The molecule has 1 aromatic rings. The molecule has 2 unspecified atom stereocenters. The molecule has 2 atom stereocenters. The molecule has 0 radical (unpaired) electrons. The van der Waals surface area contributed by atoms with E-state index in [4.69, 9.17) is 23.2 Å². The zero-order valence-corrected chi connectivity index (χ0v) is 13.3. The number of rotatable bonds is 4. The van der Waals surface area contributed by atoms with E-state index in [1.54, 1.807) is 6.07 Å². The van der Waals surface area contributed by atoms with Gasteiger partial charge in [-0.25, -0.2) is 0 Å². The smallest absolute Gasteiger partial charge is 0.239 e. The largest absolute Gasteiger partial charge is 0.341 e. The second-order valence-corrected chi connectivity index (χ2v) is 6.15. The summed E-state index contributed by atoms with van der Waals surface area (Å²) < 4.78 is 0. The van der Waals surface area contributed by atoms with Crippen molar-refractivity contribution in [3.05, 3.63) is 33.8 Å². The van der Waals surface area contributed by atoms with Crippen LogP contribution < -0.4 is 5.32 Å². The number of carbonyl (C=O) groups is 1. The Labute approximate surface area is 130 Å². The van der Waals surface area contributed by atoms with Crippen LogP contribution in [0, 0.1) is 0 Å². The molecule has 0 bridgehead atoms. The highest BCUT2D eigenvalue weighted by Crippen LogP contribution is 2.26. The summed E-state index contributed by atoms with van der Waals surface area (Å²) in [6.45, 7) is 5.66. The average Bonchev–Trinajstić information content (AvgIpc) is 2.91. The average molecular weight is 315 g/mol. The molecule has 5 heteroatoms. The maximum absolute atomic E-state index is 12.3. The molecule has 1 saturated heterocycles. The minimum absolute atomic E-state index is 0.00122. The molecule has 2 rings (SSSR count). The zero-order valence-electron chi connectivity index (χ0n) is 11.8. The zero-order chi connectivity index (χ0) is 14.7. The standard InChI is InChI=1S/C15H20Cl2N2O/c1-10(13-6-5-12(16)9-14(13)17)18-11(2)15(20)19-7-3-4-8-19/h5-6,9-11,18H,3-4,7-8H2,1-2H3. The third-order valence-corrected chi connectivity index (χ3v) is 4.28. The first-order valence-corrected chi connectivity index (χ1v) is 7.74. The van der Waals surface area contributed by atoms with Gasteiger partial charge in [0.05, 0.1) is 6.04 Å². The first-order valence-electron chi connectivity index (χ1n) is 6.99. The van der Waals surface area contributed by atoms with Crippen LogP contribution in [0.1, 0.15) is 38.3 Å². The van der Waals surface area contributed by atoms with Crippen LogP contribution in [0.25, 0.3) is 0 Å². The Bertz CT molecular complexity index is 487. The van der Waals surface area contributed by atoms with Crippen LogP contribution >= 0.6 is 23.2 Å². The first-order chi connectivity index (χ1) is 9.49. The molecule has 3 nitrogen and oxygen atoms in total. The molecule has 1 aliphatic rings. The van der Waals surface area contributed by atoms with Gasteiger partial charge in [0, 0.05) is 29.2 Å². The van der Waals surface area contributed by atoms with Gasteiger partial charge >= 0.3 is 0 Å². The van der Waals surface area contributed by atoms with Crippen molar-refractivity contribution in [3.8, 4) is 0 Å². The first kappa shape index (κ1) is 15.6. The summed E-state index contributed by atoms with van der Waals surface area (Å²) in [5.41, 5.74) is 0.956. The highest BCUT2D eigenvalue weighted by molar-refractivity contribution is 6.35. The molecular formula is C15H20Cl2N2O. The summed E-state index contributed by atoms with van der Waals surface area (Å²) >= 11 is 12.1. The Hall–Kier alpha value is -0.770. The Balaban J connectivity index is 1.99. The van der Waals surface area contributed by atoms with Crippen molar-refractivity contribution in [3.63, 3.8) is 0 Å². The van der Waals surface area contributed by atoms with Crippen molar-refractivity contribution in [2.24, 2.45) is 0 Å². The molecule has 1 amide bonds. The van der Waals surface area contributed by atoms with Gasteiger partial charge in [0.1, 0.15) is 0 Å². The Kier molecular flexibility index (Phi) is 5.30. The number of carbonyl (C=O) groups excluding carboxylic acids is 1. The van der Waals surface area contributed by atoms with E-state index in [2.05, 4.69) is 5.32 Å². The summed E-state index contributed by atoms with van der Waals surface area (Å²) in [4.78, 5) is 14.2. The monoisotopic (exact) mass is 314 g/mol. The van der Waals surface area contributed by atoms with Crippen molar-refractivity contribution in [2.45, 2.75) is 38.8 Å². The lowest BCUT2D eigenvalue weighted by Gasteiger charge is -2.25. The Morgan fingerprint density at radius 2 is 1.90 bits per heavy atom. The van der Waals surface area contributed by atoms with Crippen LogP contribution in [-0.2, 0) is 4.79 Å².